The minimum atomic E-state index is -0.553. The van der Waals surface area contributed by atoms with Crippen molar-refractivity contribution in [2.45, 2.75) is 63.5 Å². The third kappa shape index (κ3) is 4.14. The average molecular weight is 271 g/mol. The van der Waals surface area contributed by atoms with Gasteiger partial charge in [0.25, 0.3) is 0 Å². The van der Waals surface area contributed by atoms with Gasteiger partial charge in [-0.1, -0.05) is 25.7 Å². The summed E-state index contributed by atoms with van der Waals surface area (Å²) in [5, 5.41) is 13.8. The molecule has 0 radical (unpaired) electrons. The average Bonchev–Trinajstić information content (AvgIpc) is 2.36. The Labute approximate surface area is 116 Å². The third-order valence-electron chi connectivity index (χ3n) is 4.77. The second kappa shape index (κ2) is 6.62. The van der Waals surface area contributed by atoms with Gasteiger partial charge in [-0.25, -0.2) is 0 Å². The van der Waals surface area contributed by atoms with E-state index in [2.05, 4.69) is 11.6 Å². The summed E-state index contributed by atoms with van der Waals surface area (Å²) in [6.45, 7) is 2.69. The van der Waals surface area contributed by atoms with Crippen LogP contribution in [-0.2, 0) is 0 Å². The third-order valence-corrected chi connectivity index (χ3v) is 5.68. The van der Waals surface area contributed by atoms with Gasteiger partial charge in [-0.3, -0.25) is 0 Å². The summed E-state index contributed by atoms with van der Waals surface area (Å²) in [5.74, 6) is 2.80. The van der Waals surface area contributed by atoms with Crippen molar-refractivity contribution in [3.63, 3.8) is 0 Å². The molecule has 2 aliphatic carbocycles. The highest BCUT2D eigenvalue weighted by atomic mass is 32.2. The topological polar surface area (TPSA) is 32.3 Å². The second-order valence-corrected chi connectivity index (χ2v) is 7.49. The molecule has 0 bridgehead atoms. The Morgan fingerprint density at radius 1 is 1.17 bits per heavy atom. The molecule has 0 aromatic rings. The lowest BCUT2D eigenvalue weighted by molar-refractivity contribution is 0.0714. The number of hydrogen-bond donors (Lipinski definition) is 2. The second-order valence-electron chi connectivity index (χ2n) is 6.63. The summed E-state index contributed by atoms with van der Waals surface area (Å²) in [5.41, 5.74) is -0.553. The van der Waals surface area contributed by atoms with Gasteiger partial charge in [-0.2, -0.15) is 11.8 Å². The van der Waals surface area contributed by atoms with Crippen LogP contribution in [-0.4, -0.2) is 35.3 Å². The number of thioether (sulfide) groups is 1. The molecule has 2 aliphatic rings. The van der Waals surface area contributed by atoms with Gasteiger partial charge in [0.05, 0.1) is 5.60 Å². The lowest BCUT2D eigenvalue weighted by atomic mass is 9.69. The summed E-state index contributed by atoms with van der Waals surface area (Å²) in [7, 11) is 0. The van der Waals surface area contributed by atoms with E-state index in [4.69, 9.17) is 0 Å². The minimum absolute atomic E-state index is 0.553. The normalized spacial score (nSPS) is 35.8. The van der Waals surface area contributed by atoms with Gasteiger partial charge < -0.3 is 10.4 Å². The Morgan fingerprint density at radius 2 is 1.89 bits per heavy atom. The number of fused-ring (bicyclic) bond motifs is 1. The Kier molecular flexibility index (Phi) is 5.40. The number of rotatable bonds is 5. The molecule has 106 valence electrons. The van der Waals surface area contributed by atoms with Crippen LogP contribution in [0, 0.1) is 11.8 Å². The lowest BCUT2D eigenvalue weighted by Gasteiger charge is -2.40. The number of nitrogens with one attached hydrogen (secondary N) is 1. The zero-order valence-corrected chi connectivity index (χ0v) is 12.8. The molecule has 2 fully saturated rings. The van der Waals surface area contributed by atoms with Crippen LogP contribution in [0.5, 0.6) is 0 Å². The maximum Gasteiger partial charge on any atom is 0.0833 e. The van der Waals surface area contributed by atoms with E-state index in [0.29, 0.717) is 6.04 Å². The van der Waals surface area contributed by atoms with Crippen LogP contribution in [0.25, 0.3) is 0 Å². The van der Waals surface area contributed by atoms with Gasteiger partial charge >= 0.3 is 0 Å². The molecule has 0 aliphatic heterocycles. The largest absolute Gasteiger partial charge is 0.388 e. The fourth-order valence-electron chi connectivity index (χ4n) is 3.78. The van der Waals surface area contributed by atoms with Crippen LogP contribution in [0.2, 0.25) is 0 Å². The first-order valence-electron chi connectivity index (χ1n) is 7.55. The first-order valence-corrected chi connectivity index (χ1v) is 8.95. The van der Waals surface area contributed by atoms with E-state index in [0.717, 1.165) is 24.1 Å². The molecule has 2 saturated carbocycles. The lowest BCUT2D eigenvalue weighted by Crippen LogP contribution is -2.46. The molecule has 3 heteroatoms. The molecule has 0 spiro atoms. The van der Waals surface area contributed by atoms with Gasteiger partial charge in [0, 0.05) is 18.3 Å². The Bertz CT molecular complexity index is 257. The number of aliphatic hydroxyl groups is 1. The summed E-state index contributed by atoms with van der Waals surface area (Å²) in [6, 6.07) is 0.651. The van der Waals surface area contributed by atoms with Crippen LogP contribution in [0.4, 0.5) is 0 Å². The van der Waals surface area contributed by atoms with E-state index < -0.39 is 5.60 Å². The van der Waals surface area contributed by atoms with Gasteiger partial charge in [0.2, 0.25) is 0 Å². The Morgan fingerprint density at radius 3 is 2.61 bits per heavy atom. The molecule has 2 rings (SSSR count). The molecular formula is C15H29NOS. The van der Waals surface area contributed by atoms with Crippen molar-refractivity contribution < 1.29 is 5.11 Å². The van der Waals surface area contributed by atoms with Gasteiger partial charge in [0.15, 0.2) is 0 Å². The zero-order valence-electron chi connectivity index (χ0n) is 12.0. The van der Waals surface area contributed by atoms with Crippen LogP contribution in [0.1, 0.15) is 51.9 Å². The SMILES string of the molecule is CSCC(C)(O)CNC1CCC2CCCCC2C1. The summed E-state index contributed by atoms with van der Waals surface area (Å²) >= 11 is 1.72. The minimum Gasteiger partial charge on any atom is -0.388 e. The number of hydrogen-bond acceptors (Lipinski definition) is 3. The molecule has 4 unspecified atom stereocenters. The maximum absolute atomic E-state index is 10.2. The highest BCUT2D eigenvalue weighted by Crippen LogP contribution is 2.40. The van der Waals surface area contributed by atoms with Crippen LogP contribution in [0.15, 0.2) is 0 Å². The molecule has 0 heterocycles. The molecule has 2 N–H and O–H groups in total. The first-order chi connectivity index (χ1) is 8.61. The molecule has 0 aromatic carbocycles. The van der Waals surface area contributed by atoms with Crippen LogP contribution >= 0.6 is 11.8 Å². The van der Waals surface area contributed by atoms with Gasteiger partial charge in [-0.15, -0.1) is 0 Å². The van der Waals surface area contributed by atoms with Crippen molar-refractivity contribution in [1.82, 2.24) is 5.32 Å². The zero-order chi connectivity index (χ0) is 13.0. The molecule has 0 saturated heterocycles. The van der Waals surface area contributed by atoms with Crippen LogP contribution in [0.3, 0.4) is 0 Å². The smallest absolute Gasteiger partial charge is 0.0833 e. The fourth-order valence-corrected chi connectivity index (χ4v) is 4.51. The van der Waals surface area contributed by atoms with E-state index >= 15 is 0 Å². The van der Waals surface area contributed by atoms with Crippen molar-refractivity contribution in [1.29, 1.82) is 0 Å². The van der Waals surface area contributed by atoms with E-state index in [1.54, 1.807) is 11.8 Å². The predicted molar refractivity (Wildman–Crippen MR) is 80.1 cm³/mol. The maximum atomic E-state index is 10.2. The highest BCUT2D eigenvalue weighted by molar-refractivity contribution is 7.98. The van der Waals surface area contributed by atoms with E-state index in [1.165, 1.54) is 44.9 Å². The molecule has 0 amide bonds. The van der Waals surface area contributed by atoms with Crippen molar-refractivity contribution in [3.05, 3.63) is 0 Å². The van der Waals surface area contributed by atoms with Crippen molar-refractivity contribution in [3.8, 4) is 0 Å². The van der Waals surface area contributed by atoms with Crippen molar-refractivity contribution in [2.24, 2.45) is 11.8 Å². The molecule has 4 atom stereocenters. The summed E-state index contributed by atoms with van der Waals surface area (Å²) in [4.78, 5) is 0. The Balaban J connectivity index is 1.74. The Hall–Kier alpha value is 0.270. The van der Waals surface area contributed by atoms with E-state index in [1.807, 2.05) is 6.92 Å². The summed E-state index contributed by atoms with van der Waals surface area (Å²) < 4.78 is 0. The van der Waals surface area contributed by atoms with E-state index in [-0.39, 0.29) is 0 Å². The standard InChI is InChI=1S/C15H29NOS/c1-15(17,11-18-2)10-16-14-8-7-12-5-3-4-6-13(12)9-14/h12-14,16-17H,3-11H2,1-2H3. The predicted octanol–water partition coefficient (Wildman–Crippen LogP) is 3.05. The van der Waals surface area contributed by atoms with Crippen molar-refractivity contribution in [2.75, 3.05) is 18.6 Å². The van der Waals surface area contributed by atoms with Crippen LogP contribution < -0.4 is 5.32 Å². The highest BCUT2D eigenvalue weighted by Gasteiger charge is 2.32. The quantitative estimate of drug-likeness (QED) is 0.806. The molecule has 0 aromatic heterocycles. The van der Waals surface area contributed by atoms with E-state index in [9.17, 15) is 5.11 Å². The van der Waals surface area contributed by atoms with Gasteiger partial charge in [-0.05, 0) is 44.3 Å². The molecule has 2 nitrogen and oxygen atoms in total. The van der Waals surface area contributed by atoms with Gasteiger partial charge in [0.1, 0.15) is 0 Å². The molecular weight excluding hydrogens is 242 g/mol. The summed E-state index contributed by atoms with van der Waals surface area (Å²) in [6.07, 6.45) is 12.0. The monoisotopic (exact) mass is 271 g/mol. The fraction of sp³-hybridized carbons (Fsp3) is 1.00. The molecule has 18 heavy (non-hydrogen) atoms. The van der Waals surface area contributed by atoms with Crippen molar-refractivity contribution >= 4 is 11.8 Å². The first kappa shape index (κ1) is 14.7.